The molecule has 0 radical (unpaired) electrons. The number of nitrogens with zero attached hydrogens (tertiary/aromatic N) is 2. The van der Waals surface area contributed by atoms with E-state index >= 15 is 0 Å². The largest absolute Gasteiger partial charge is 0.374 e. The van der Waals surface area contributed by atoms with Crippen molar-refractivity contribution in [2.75, 3.05) is 26.0 Å². The molecule has 0 saturated heterocycles. The standard InChI is InChI=1S/C9H12FN3O/c1-11-9(14)6-4-5-7(13(2)3)8(10)12-6/h4-5H,1-3H3,(H,11,14). The van der Waals surface area contributed by atoms with Gasteiger partial charge < -0.3 is 10.2 Å². The quantitative estimate of drug-likeness (QED) is 0.708. The van der Waals surface area contributed by atoms with Crippen LogP contribution in [0.15, 0.2) is 12.1 Å². The number of halogens is 1. The second kappa shape index (κ2) is 4.04. The Bertz CT molecular complexity index is 352. The number of nitrogens with one attached hydrogen (secondary N) is 1. The van der Waals surface area contributed by atoms with Crippen molar-refractivity contribution >= 4 is 11.6 Å². The van der Waals surface area contributed by atoms with Crippen LogP contribution in [0.4, 0.5) is 10.1 Å². The molecule has 0 aliphatic rings. The number of anilines is 1. The molecule has 1 aromatic rings. The van der Waals surface area contributed by atoms with Gasteiger partial charge in [-0.2, -0.15) is 4.39 Å². The summed E-state index contributed by atoms with van der Waals surface area (Å²) in [5, 5.41) is 2.38. The fourth-order valence-electron chi connectivity index (χ4n) is 1.02. The Morgan fingerprint density at radius 1 is 1.50 bits per heavy atom. The minimum absolute atomic E-state index is 0.0793. The summed E-state index contributed by atoms with van der Waals surface area (Å²) < 4.78 is 13.3. The Morgan fingerprint density at radius 3 is 2.57 bits per heavy atom. The summed E-state index contributed by atoms with van der Waals surface area (Å²) in [6, 6.07) is 3.00. The van der Waals surface area contributed by atoms with Crippen molar-refractivity contribution in [3.8, 4) is 0 Å². The topological polar surface area (TPSA) is 45.2 Å². The molecule has 0 bridgehead atoms. The van der Waals surface area contributed by atoms with E-state index < -0.39 is 11.9 Å². The average molecular weight is 197 g/mol. The SMILES string of the molecule is CNC(=O)c1ccc(N(C)C)c(F)n1. The van der Waals surface area contributed by atoms with E-state index in [-0.39, 0.29) is 5.69 Å². The van der Waals surface area contributed by atoms with E-state index in [9.17, 15) is 9.18 Å². The summed E-state index contributed by atoms with van der Waals surface area (Å²) in [4.78, 5) is 16.2. The molecule has 14 heavy (non-hydrogen) atoms. The van der Waals surface area contributed by atoms with Gasteiger partial charge in [0.15, 0.2) is 0 Å². The molecule has 76 valence electrons. The van der Waals surface area contributed by atoms with Crippen LogP contribution in [0.25, 0.3) is 0 Å². The Labute approximate surface area is 81.7 Å². The molecule has 0 aliphatic carbocycles. The van der Waals surface area contributed by atoms with Crippen LogP contribution in [0.1, 0.15) is 10.5 Å². The predicted molar refractivity (Wildman–Crippen MR) is 51.9 cm³/mol. The van der Waals surface area contributed by atoms with Crippen LogP contribution in [0.5, 0.6) is 0 Å². The highest BCUT2D eigenvalue weighted by Gasteiger charge is 2.10. The van der Waals surface area contributed by atoms with E-state index in [1.165, 1.54) is 19.2 Å². The molecule has 1 amide bonds. The van der Waals surface area contributed by atoms with Crippen molar-refractivity contribution < 1.29 is 9.18 Å². The van der Waals surface area contributed by atoms with Crippen LogP contribution in [-0.4, -0.2) is 32.0 Å². The van der Waals surface area contributed by atoms with E-state index in [0.29, 0.717) is 5.69 Å². The van der Waals surface area contributed by atoms with Crippen LogP contribution < -0.4 is 10.2 Å². The van der Waals surface area contributed by atoms with Gasteiger partial charge in [0.1, 0.15) is 5.69 Å². The van der Waals surface area contributed by atoms with Crippen molar-refractivity contribution in [3.05, 3.63) is 23.8 Å². The molecule has 0 spiro atoms. The summed E-state index contributed by atoms with van der Waals surface area (Å²) in [6.45, 7) is 0. The number of amides is 1. The molecule has 1 aromatic heterocycles. The lowest BCUT2D eigenvalue weighted by Gasteiger charge is -2.12. The van der Waals surface area contributed by atoms with E-state index in [0.717, 1.165) is 0 Å². The summed E-state index contributed by atoms with van der Waals surface area (Å²) in [7, 11) is 4.89. The Hall–Kier alpha value is -1.65. The lowest BCUT2D eigenvalue weighted by atomic mass is 10.3. The van der Waals surface area contributed by atoms with Crippen molar-refractivity contribution in [3.63, 3.8) is 0 Å². The maximum absolute atomic E-state index is 13.3. The minimum Gasteiger partial charge on any atom is -0.374 e. The number of hydrogen-bond acceptors (Lipinski definition) is 3. The Kier molecular flexibility index (Phi) is 3.01. The van der Waals surface area contributed by atoms with Gasteiger partial charge in [-0.05, 0) is 12.1 Å². The third-order valence-corrected chi connectivity index (χ3v) is 1.77. The molecule has 4 nitrogen and oxygen atoms in total. The number of rotatable bonds is 2. The molecule has 0 saturated carbocycles. The second-order valence-corrected chi connectivity index (χ2v) is 2.98. The number of hydrogen-bond donors (Lipinski definition) is 1. The van der Waals surface area contributed by atoms with Gasteiger partial charge in [0.2, 0.25) is 5.95 Å². The molecule has 1 N–H and O–H groups in total. The normalized spacial score (nSPS) is 9.71. The van der Waals surface area contributed by atoms with E-state index in [2.05, 4.69) is 10.3 Å². The van der Waals surface area contributed by atoms with Gasteiger partial charge in [-0.15, -0.1) is 0 Å². The molecule has 0 atom stereocenters. The first-order chi connectivity index (χ1) is 6.56. The number of carbonyl (C=O) groups is 1. The zero-order valence-electron chi connectivity index (χ0n) is 8.34. The minimum atomic E-state index is -0.642. The second-order valence-electron chi connectivity index (χ2n) is 2.98. The molecule has 0 fully saturated rings. The molecular formula is C9H12FN3O. The Balaban J connectivity index is 3.06. The zero-order chi connectivity index (χ0) is 10.7. The number of pyridine rings is 1. The highest BCUT2D eigenvalue weighted by molar-refractivity contribution is 5.92. The van der Waals surface area contributed by atoms with Gasteiger partial charge in [-0.25, -0.2) is 4.98 Å². The van der Waals surface area contributed by atoms with E-state index in [4.69, 9.17) is 0 Å². The van der Waals surface area contributed by atoms with Gasteiger partial charge in [0, 0.05) is 21.1 Å². The first-order valence-electron chi connectivity index (χ1n) is 4.12. The van der Waals surface area contributed by atoms with E-state index in [1.807, 2.05) is 0 Å². The average Bonchev–Trinajstić information content (AvgIpc) is 2.15. The van der Waals surface area contributed by atoms with Crippen LogP contribution in [0.2, 0.25) is 0 Å². The molecule has 0 aromatic carbocycles. The monoisotopic (exact) mass is 197 g/mol. The summed E-state index contributed by atoms with van der Waals surface area (Å²) in [5.41, 5.74) is 0.438. The molecule has 0 aliphatic heterocycles. The summed E-state index contributed by atoms with van der Waals surface area (Å²) in [6.07, 6.45) is 0. The predicted octanol–water partition coefficient (Wildman–Crippen LogP) is 0.646. The fourth-order valence-corrected chi connectivity index (χ4v) is 1.02. The van der Waals surface area contributed by atoms with Gasteiger partial charge in [0.25, 0.3) is 5.91 Å². The lowest BCUT2D eigenvalue weighted by molar-refractivity contribution is 0.0957. The fraction of sp³-hybridized carbons (Fsp3) is 0.333. The van der Waals surface area contributed by atoms with Gasteiger partial charge in [-0.3, -0.25) is 4.79 Å². The molecular weight excluding hydrogens is 185 g/mol. The van der Waals surface area contributed by atoms with Crippen molar-refractivity contribution in [1.82, 2.24) is 10.3 Å². The first-order valence-corrected chi connectivity index (χ1v) is 4.12. The van der Waals surface area contributed by atoms with E-state index in [1.54, 1.807) is 19.0 Å². The van der Waals surface area contributed by atoms with Crippen LogP contribution in [0, 0.1) is 5.95 Å². The molecule has 1 rings (SSSR count). The third kappa shape index (κ3) is 1.99. The van der Waals surface area contributed by atoms with Crippen molar-refractivity contribution in [2.45, 2.75) is 0 Å². The molecule has 0 unspecified atom stereocenters. The molecule has 5 heteroatoms. The molecule has 1 heterocycles. The number of aromatic nitrogens is 1. The van der Waals surface area contributed by atoms with Crippen LogP contribution in [0.3, 0.4) is 0 Å². The summed E-state index contributed by atoms with van der Waals surface area (Å²) in [5.74, 6) is -1.04. The first kappa shape index (κ1) is 10.4. The van der Waals surface area contributed by atoms with Gasteiger partial charge >= 0.3 is 0 Å². The number of carbonyl (C=O) groups excluding carboxylic acids is 1. The van der Waals surface area contributed by atoms with Gasteiger partial charge in [0.05, 0.1) is 5.69 Å². The highest BCUT2D eigenvalue weighted by Crippen LogP contribution is 2.14. The zero-order valence-corrected chi connectivity index (χ0v) is 8.34. The van der Waals surface area contributed by atoms with Crippen LogP contribution in [-0.2, 0) is 0 Å². The maximum atomic E-state index is 13.3. The summed E-state index contributed by atoms with van der Waals surface area (Å²) >= 11 is 0. The smallest absolute Gasteiger partial charge is 0.269 e. The maximum Gasteiger partial charge on any atom is 0.269 e. The third-order valence-electron chi connectivity index (χ3n) is 1.77. The van der Waals surface area contributed by atoms with Gasteiger partial charge in [-0.1, -0.05) is 0 Å². The lowest BCUT2D eigenvalue weighted by Crippen LogP contribution is -2.20. The highest BCUT2D eigenvalue weighted by atomic mass is 19.1. The van der Waals surface area contributed by atoms with Crippen molar-refractivity contribution in [1.29, 1.82) is 0 Å². The van der Waals surface area contributed by atoms with Crippen LogP contribution >= 0.6 is 0 Å². The Morgan fingerprint density at radius 2 is 2.14 bits per heavy atom. The van der Waals surface area contributed by atoms with Crippen molar-refractivity contribution in [2.24, 2.45) is 0 Å².